The van der Waals surface area contributed by atoms with Gasteiger partial charge in [0, 0.05) is 0 Å². The van der Waals surface area contributed by atoms with E-state index in [-0.39, 0.29) is 0 Å². The maximum absolute atomic E-state index is 4.26. The SMILES string of the molecule is C=C(CC(C)C)C1=CCC(CC=C(C)C)C1=C.C=CCC=C(C)C. The van der Waals surface area contributed by atoms with Gasteiger partial charge in [0.25, 0.3) is 0 Å². The highest BCUT2D eigenvalue weighted by Gasteiger charge is 2.22. The van der Waals surface area contributed by atoms with Gasteiger partial charge in [-0.25, -0.2) is 0 Å². The molecule has 0 saturated carbocycles. The van der Waals surface area contributed by atoms with Crippen LogP contribution in [0.5, 0.6) is 0 Å². The Kier molecular flexibility index (Phi) is 11.1. The Hall–Kier alpha value is -1.56. The summed E-state index contributed by atoms with van der Waals surface area (Å²) in [6.07, 6.45) is 13.0. The second-order valence-electron chi connectivity index (χ2n) is 7.60. The predicted octanol–water partition coefficient (Wildman–Crippen LogP) is 7.98. The van der Waals surface area contributed by atoms with Crippen LogP contribution in [0, 0.1) is 11.8 Å². The van der Waals surface area contributed by atoms with Crippen molar-refractivity contribution in [3.63, 3.8) is 0 Å². The molecule has 0 aliphatic heterocycles. The Balaban J connectivity index is 0.000000640. The van der Waals surface area contributed by atoms with E-state index < -0.39 is 0 Å². The molecule has 0 aromatic heterocycles. The first kappa shape index (κ1) is 22.4. The Bertz CT molecular complexity index is 512. The van der Waals surface area contributed by atoms with E-state index in [1.165, 1.54) is 27.9 Å². The van der Waals surface area contributed by atoms with Gasteiger partial charge >= 0.3 is 0 Å². The first-order chi connectivity index (χ1) is 11.2. The van der Waals surface area contributed by atoms with Gasteiger partial charge in [0.1, 0.15) is 0 Å². The lowest BCUT2D eigenvalue weighted by Gasteiger charge is -2.15. The van der Waals surface area contributed by atoms with Crippen molar-refractivity contribution in [2.75, 3.05) is 0 Å². The van der Waals surface area contributed by atoms with Crippen molar-refractivity contribution < 1.29 is 0 Å². The second kappa shape index (κ2) is 11.9. The fourth-order valence-electron chi connectivity index (χ4n) is 2.66. The molecule has 1 rings (SSSR count). The minimum atomic E-state index is 0.601. The average Bonchev–Trinajstić information content (AvgIpc) is 2.84. The highest BCUT2D eigenvalue weighted by Crippen LogP contribution is 2.37. The standard InChI is InChI=1S/C17H26.C7H12/c1-12(2)7-8-16-9-10-17(15(16)6)14(5)11-13(3)4;1-4-5-6-7(2)3/h7,10,13,16H,5-6,8-9,11H2,1-4H3;4,6H,1,5H2,2-3H3. The minimum Gasteiger partial charge on any atom is -0.103 e. The summed E-state index contributed by atoms with van der Waals surface area (Å²) in [5.74, 6) is 1.27. The minimum absolute atomic E-state index is 0.601. The van der Waals surface area contributed by atoms with Crippen LogP contribution in [0.2, 0.25) is 0 Å². The highest BCUT2D eigenvalue weighted by molar-refractivity contribution is 5.49. The average molecular weight is 327 g/mol. The molecule has 0 radical (unpaired) electrons. The lowest BCUT2D eigenvalue weighted by molar-refractivity contribution is 0.642. The van der Waals surface area contributed by atoms with Crippen LogP contribution in [0.15, 0.2) is 71.9 Å². The van der Waals surface area contributed by atoms with Crippen LogP contribution in [0.25, 0.3) is 0 Å². The molecule has 0 N–H and O–H groups in total. The summed E-state index contributed by atoms with van der Waals surface area (Å²) in [6.45, 7) is 25.0. The molecule has 0 aromatic carbocycles. The van der Waals surface area contributed by atoms with Gasteiger partial charge in [-0.1, -0.05) is 62.5 Å². The third-order valence-corrected chi connectivity index (χ3v) is 3.98. The van der Waals surface area contributed by atoms with Crippen molar-refractivity contribution in [3.05, 3.63) is 71.9 Å². The van der Waals surface area contributed by atoms with Crippen LogP contribution in [0.1, 0.15) is 67.2 Å². The van der Waals surface area contributed by atoms with Gasteiger partial charge in [0.05, 0.1) is 0 Å². The third kappa shape index (κ3) is 9.55. The fraction of sp³-hybridized carbons (Fsp3) is 0.500. The molecule has 1 aliphatic carbocycles. The van der Waals surface area contributed by atoms with E-state index >= 15 is 0 Å². The fourth-order valence-corrected chi connectivity index (χ4v) is 2.66. The quantitative estimate of drug-likeness (QED) is 0.416. The van der Waals surface area contributed by atoms with Gasteiger partial charge in [-0.15, -0.1) is 6.58 Å². The smallest absolute Gasteiger partial charge is 0.00924 e. The van der Waals surface area contributed by atoms with E-state index in [9.17, 15) is 0 Å². The lowest BCUT2D eigenvalue weighted by Crippen LogP contribution is -2.00. The maximum atomic E-state index is 4.26. The summed E-state index contributed by atoms with van der Waals surface area (Å²) in [6, 6.07) is 0. The van der Waals surface area contributed by atoms with Crippen molar-refractivity contribution in [1.29, 1.82) is 0 Å². The monoisotopic (exact) mass is 326 g/mol. The van der Waals surface area contributed by atoms with Crippen molar-refractivity contribution in [3.8, 4) is 0 Å². The lowest BCUT2D eigenvalue weighted by atomic mass is 9.90. The molecule has 0 aromatic rings. The van der Waals surface area contributed by atoms with Crippen LogP contribution in [-0.2, 0) is 0 Å². The molecule has 0 nitrogen and oxygen atoms in total. The molecule has 0 spiro atoms. The molecule has 0 fully saturated rings. The summed E-state index contributed by atoms with van der Waals surface area (Å²) < 4.78 is 0. The Labute approximate surface area is 151 Å². The highest BCUT2D eigenvalue weighted by atomic mass is 14.3. The van der Waals surface area contributed by atoms with Crippen molar-refractivity contribution in [2.24, 2.45) is 11.8 Å². The second-order valence-corrected chi connectivity index (χ2v) is 7.60. The van der Waals surface area contributed by atoms with Crippen LogP contribution < -0.4 is 0 Å². The van der Waals surface area contributed by atoms with Crippen LogP contribution in [-0.4, -0.2) is 0 Å². The molecule has 0 bridgehead atoms. The molecule has 0 heterocycles. The summed E-state index contributed by atoms with van der Waals surface area (Å²) in [5.41, 5.74) is 6.66. The Morgan fingerprint density at radius 2 is 1.75 bits per heavy atom. The van der Waals surface area contributed by atoms with E-state index in [1.807, 2.05) is 6.08 Å². The molecule has 1 atom stereocenters. The molecule has 1 aliphatic rings. The zero-order valence-electron chi connectivity index (χ0n) is 16.9. The van der Waals surface area contributed by atoms with Crippen molar-refractivity contribution >= 4 is 0 Å². The normalized spacial score (nSPS) is 16.0. The maximum Gasteiger partial charge on any atom is -0.00924 e. The van der Waals surface area contributed by atoms with E-state index in [0.29, 0.717) is 11.8 Å². The van der Waals surface area contributed by atoms with Gasteiger partial charge < -0.3 is 0 Å². The summed E-state index contributed by atoms with van der Waals surface area (Å²) in [5, 5.41) is 0. The molecular formula is C24H38. The number of hydrogen-bond acceptors (Lipinski definition) is 0. The first-order valence-corrected chi connectivity index (χ1v) is 9.14. The third-order valence-electron chi connectivity index (χ3n) is 3.98. The topological polar surface area (TPSA) is 0 Å². The Morgan fingerprint density at radius 1 is 1.17 bits per heavy atom. The van der Waals surface area contributed by atoms with Gasteiger partial charge in [-0.05, 0) is 81.9 Å². The number of allylic oxidation sites excluding steroid dienone is 9. The molecule has 24 heavy (non-hydrogen) atoms. The van der Waals surface area contributed by atoms with E-state index in [2.05, 4.69) is 79.5 Å². The summed E-state index contributed by atoms with van der Waals surface area (Å²) in [7, 11) is 0. The zero-order chi connectivity index (χ0) is 18.7. The van der Waals surface area contributed by atoms with Gasteiger partial charge in [-0.2, -0.15) is 0 Å². The van der Waals surface area contributed by atoms with Crippen LogP contribution in [0.3, 0.4) is 0 Å². The zero-order valence-corrected chi connectivity index (χ0v) is 16.9. The van der Waals surface area contributed by atoms with Crippen molar-refractivity contribution in [1.82, 2.24) is 0 Å². The summed E-state index contributed by atoms with van der Waals surface area (Å²) >= 11 is 0. The van der Waals surface area contributed by atoms with E-state index in [4.69, 9.17) is 0 Å². The number of hydrogen-bond donors (Lipinski definition) is 0. The Morgan fingerprint density at radius 3 is 2.17 bits per heavy atom. The molecule has 0 heteroatoms. The predicted molar refractivity (Wildman–Crippen MR) is 112 cm³/mol. The van der Waals surface area contributed by atoms with Gasteiger partial charge in [0.15, 0.2) is 0 Å². The van der Waals surface area contributed by atoms with E-state index in [1.54, 1.807) is 0 Å². The van der Waals surface area contributed by atoms with Gasteiger partial charge in [0.2, 0.25) is 0 Å². The van der Waals surface area contributed by atoms with Gasteiger partial charge in [-0.3, -0.25) is 0 Å². The first-order valence-electron chi connectivity index (χ1n) is 9.14. The largest absolute Gasteiger partial charge is 0.103 e. The van der Waals surface area contributed by atoms with Crippen LogP contribution in [0.4, 0.5) is 0 Å². The van der Waals surface area contributed by atoms with Crippen LogP contribution >= 0.6 is 0 Å². The molecule has 134 valence electrons. The number of rotatable bonds is 7. The molecule has 0 amide bonds. The van der Waals surface area contributed by atoms with Crippen molar-refractivity contribution in [2.45, 2.75) is 67.2 Å². The molecule has 1 unspecified atom stereocenters. The molecular weight excluding hydrogens is 288 g/mol. The molecule has 0 saturated heterocycles. The summed E-state index contributed by atoms with van der Waals surface area (Å²) in [4.78, 5) is 0. The van der Waals surface area contributed by atoms with E-state index in [0.717, 1.165) is 25.7 Å².